The average Bonchev–Trinajstić information content (AvgIpc) is 3.39. The van der Waals surface area contributed by atoms with Gasteiger partial charge in [0.05, 0.1) is 25.2 Å². The Balaban J connectivity index is 1.53. The Morgan fingerprint density at radius 1 is 0.977 bits per heavy atom. The number of nitrogens with zero attached hydrogens (tertiary/aromatic N) is 2. The molecule has 44 heavy (non-hydrogen) atoms. The molecule has 2 aromatic carbocycles. The number of carbonyl (C=O) groups excluding carboxylic acids is 3. The summed E-state index contributed by atoms with van der Waals surface area (Å²) in [5, 5.41) is 10.8. The number of hydrogen-bond acceptors (Lipinski definition) is 6. The van der Waals surface area contributed by atoms with E-state index < -0.39 is 41.1 Å². The van der Waals surface area contributed by atoms with Gasteiger partial charge in [-0.3, -0.25) is 14.4 Å². The van der Waals surface area contributed by atoms with Crippen LogP contribution in [0.2, 0.25) is 0 Å². The highest BCUT2D eigenvalue weighted by molar-refractivity contribution is 6.06. The van der Waals surface area contributed by atoms with Gasteiger partial charge in [-0.2, -0.15) is 0 Å². The quantitative estimate of drug-likeness (QED) is 0.390. The third-order valence-corrected chi connectivity index (χ3v) is 9.89. The fourth-order valence-electron chi connectivity index (χ4n) is 7.73. The van der Waals surface area contributed by atoms with E-state index in [0.29, 0.717) is 12.8 Å². The number of fused-ring (bicyclic) bond motifs is 2. The number of amides is 2. The maximum absolute atomic E-state index is 15.0. The minimum Gasteiger partial charge on any atom is -0.465 e. The van der Waals surface area contributed by atoms with E-state index >= 15 is 0 Å². The number of benzene rings is 2. The zero-order valence-corrected chi connectivity index (χ0v) is 25.8. The molecule has 1 N–H and O–H groups in total. The lowest BCUT2D eigenvalue weighted by molar-refractivity contribution is -0.161. The Kier molecular flexibility index (Phi) is 8.24. The van der Waals surface area contributed by atoms with E-state index in [-0.39, 0.29) is 31.6 Å². The molecule has 4 heterocycles. The number of rotatable bonds is 6. The first kappa shape index (κ1) is 30.3. The molecule has 6 atom stereocenters. The maximum Gasteiger partial charge on any atom is 0.313 e. The van der Waals surface area contributed by atoms with Crippen LogP contribution in [-0.4, -0.2) is 70.8 Å². The molecule has 0 radical (unpaired) electrons. The molecule has 1 spiro atoms. The van der Waals surface area contributed by atoms with E-state index in [0.717, 1.165) is 41.6 Å². The molecular weight excluding hydrogens is 556 g/mol. The largest absolute Gasteiger partial charge is 0.465 e. The second-order valence-corrected chi connectivity index (χ2v) is 12.6. The predicted octanol–water partition coefficient (Wildman–Crippen LogP) is 4.45. The lowest BCUT2D eigenvalue weighted by atomic mass is 9.73. The Morgan fingerprint density at radius 2 is 1.77 bits per heavy atom. The summed E-state index contributed by atoms with van der Waals surface area (Å²) in [6, 6.07) is 13.8. The molecule has 232 valence electrons. The highest BCUT2D eigenvalue weighted by Gasteiger charge is 2.76. The van der Waals surface area contributed by atoms with Crippen molar-refractivity contribution >= 4 is 23.5 Å². The lowest BCUT2D eigenvalue weighted by Crippen LogP contribution is -2.59. The van der Waals surface area contributed by atoms with Gasteiger partial charge in [-0.05, 0) is 68.7 Å². The molecule has 0 aromatic heterocycles. The molecule has 0 aliphatic carbocycles. The van der Waals surface area contributed by atoms with Gasteiger partial charge in [-0.15, -0.1) is 0 Å². The minimum atomic E-state index is -1.43. The number of carbonyl (C=O) groups is 3. The van der Waals surface area contributed by atoms with Crippen LogP contribution in [0, 0.1) is 25.7 Å². The summed E-state index contributed by atoms with van der Waals surface area (Å²) in [7, 11) is 0. The number of anilines is 1. The fourth-order valence-corrected chi connectivity index (χ4v) is 7.73. The second kappa shape index (κ2) is 12.0. The number of cyclic esters (lactones) is 1. The molecular formula is C36H42N2O6. The molecule has 4 aliphatic rings. The van der Waals surface area contributed by atoms with Crippen LogP contribution in [0.4, 0.5) is 5.69 Å². The number of aliphatic hydroxyl groups excluding tert-OH is 1. The predicted molar refractivity (Wildman–Crippen MR) is 167 cm³/mol. The van der Waals surface area contributed by atoms with Gasteiger partial charge in [0.1, 0.15) is 23.2 Å². The second-order valence-electron chi connectivity index (χ2n) is 12.6. The zero-order valence-electron chi connectivity index (χ0n) is 25.8. The van der Waals surface area contributed by atoms with Crippen molar-refractivity contribution in [2.24, 2.45) is 11.8 Å². The van der Waals surface area contributed by atoms with E-state index in [1.54, 1.807) is 4.90 Å². The normalized spacial score (nSPS) is 31.5. The third-order valence-electron chi connectivity index (χ3n) is 9.89. The number of hydrogen-bond donors (Lipinski definition) is 1. The van der Waals surface area contributed by atoms with Crippen molar-refractivity contribution in [3.05, 3.63) is 89.5 Å². The minimum absolute atomic E-state index is 0.270. The zero-order chi connectivity index (χ0) is 31.1. The fraction of sp³-hybridized carbons (Fsp3) is 0.472. The standard InChI is InChI=1S/C36H42N2O6/c1-4-35-17-10-5-6-11-20-43-34(42)30(35)29-32(40)38(27(23-39)22-26-13-8-7-9-14-26)31-33(41)37(19-12-18-36(29,31)44-35)28-21-24(2)15-16-25(28)3/h7-10,12-18,21,27,29-31,39H,4-6,11,19-20,22-23H2,1-3H3/b17-10-/t27-,29+,30+,31?,35-,36+/m1/s1. The smallest absolute Gasteiger partial charge is 0.313 e. The number of aryl methyl sites for hydroxylation is 2. The molecule has 2 aromatic rings. The van der Waals surface area contributed by atoms with Gasteiger partial charge in [0.2, 0.25) is 5.91 Å². The molecule has 1 unspecified atom stereocenters. The monoisotopic (exact) mass is 598 g/mol. The van der Waals surface area contributed by atoms with Gasteiger partial charge < -0.3 is 24.4 Å². The van der Waals surface area contributed by atoms with E-state index in [1.165, 1.54) is 4.90 Å². The summed E-state index contributed by atoms with van der Waals surface area (Å²) >= 11 is 0. The van der Waals surface area contributed by atoms with Crippen LogP contribution in [0.5, 0.6) is 0 Å². The summed E-state index contributed by atoms with van der Waals surface area (Å²) in [4.78, 5) is 47.0. The van der Waals surface area contributed by atoms with Crippen molar-refractivity contribution in [2.45, 2.75) is 76.2 Å². The Hall–Kier alpha value is -3.75. The number of likely N-dealkylation sites (tertiary alicyclic amines) is 1. The van der Waals surface area contributed by atoms with Gasteiger partial charge >= 0.3 is 5.97 Å². The molecule has 0 saturated carbocycles. The van der Waals surface area contributed by atoms with E-state index in [1.807, 2.05) is 93.6 Å². The first-order valence-corrected chi connectivity index (χ1v) is 15.8. The van der Waals surface area contributed by atoms with Crippen LogP contribution in [0.3, 0.4) is 0 Å². The van der Waals surface area contributed by atoms with E-state index in [4.69, 9.17) is 9.47 Å². The van der Waals surface area contributed by atoms with Crippen LogP contribution in [0.1, 0.15) is 49.3 Å². The summed E-state index contributed by atoms with van der Waals surface area (Å²) < 4.78 is 12.9. The van der Waals surface area contributed by atoms with Crippen LogP contribution < -0.4 is 4.90 Å². The number of allylic oxidation sites excluding steroid dienone is 1. The molecule has 2 amide bonds. The van der Waals surface area contributed by atoms with Gasteiger partial charge in [0.25, 0.3) is 5.91 Å². The number of aliphatic hydroxyl groups is 1. The highest BCUT2D eigenvalue weighted by Crippen LogP contribution is 2.58. The highest BCUT2D eigenvalue weighted by atomic mass is 16.6. The van der Waals surface area contributed by atoms with Gasteiger partial charge in [-0.25, -0.2) is 0 Å². The molecule has 0 bridgehead atoms. The maximum atomic E-state index is 15.0. The summed E-state index contributed by atoms with van der Waals surface area (Å²) in [5.41, 5.74) is 1.09. The van der Waals surface area contributed by atoms with Gasteiger partial charge in [-0.1, -0.05) is 73.7 Å². The van der Waals surface area contributed by atoms with Crippen LogP contribution in [-0.2, 0) is 30.3 Å². The summed E-state index contributed by atoms with van der Waals surface area (Å²) in [6.45, 7) is 6.09. The van der Waals surface area contributed by atoms with Crippen molar-refractivity contribution in [3.8, 4) is 0 Å². The number of ether oxygens (including phenoxy) is 2. The summed E-state index contributed by atoms with van der Waals surface area (Å²) in [5.74, 6) is -3.07. The van der Waals surface area contributed by atoms with Crippen LogP contribution in [0.25, 0.3) is 0 Å². The molecule has 8 heteroatoms. The van der Waals surface area contributed by atoms with E-state index in [2.05, 4.69) is 0 Å². The van der Waals surface area contributed by atoms with Crippen molar-refractivity contribution in [1.82, 2.24) is 4.90 Å². The van der Waals surface area contributed by atoms with Crippen molar-refractivity contribution in [3.63, 3.8) is 0 Å². The van der Waals surface area contributed by atoms with Gasteiger partial charge in [0.15, 0.2) is 0 Å². The van der Waals surface area contributed by atoms with Crippen molar-refractivity contribution in [1.29, 1.82) is 0 Å². The molecule has 6 rings (SSSR count). The van der Waals surface area contributed by atoms with Crippen molar-refractivity contribution in [2.75, 3.05) is 24.7 Å². The molecule has 4 aliphatic heterocycles. The van der Waals surface area contributed by atoms with Gasteiger partial charge in [0, 0.05) is 12.2 Å². The Bertz CT molecular complexity index is 1490. The number of esters is 1. The molecule has 8 nitrogen and oxygen atoms in total. The first-order valence-electron chi connectivity index (χ1n) is 15.8. The topological polar surface area (TPSA) is 96.4 Å². The first-order chi connectivity index (χ1) is 21.3. The molecule has 2 fully saturated rings. The summed E-state index contributed by atoms with van der Waals surface area (Å²) in [6.07, 6.45) is 10.9. The molecule has 2 saturated heterocycles. The average molecular weight is 599 g/mol. The third kappa shape index (κ3) is 4.88. The van der Waals surface area contributed by atoms with Crippen LogP contribution in [0.15, 0.2) is 72.8 Å². The van der Waals surface area contributed by atoms with E-state index in [9.17, 15) is 19.5 Å². The Labute approximate surface area is 259 Å². The van der Waals surface area contributed by atoms with Crippen LogP contribution >= 0.6 is 0 Å². The lowest BCUT2D eigenvalue weighted by Gasteiger charge is -2.41. The SMILES string of the molecule is CC[C@@]12/C=C\CCCCOC(=O)[C@@H]1[C@H]1C(=O)N([C@@H](CO)Cc3ccccc3)C3C(=O)N(c4cc(C)ccc4C)CC=C[C@@]31O2. The Morgan fingerprint density at radius 3 is 2.52 bits per heavy atom. The van der Waals surface area contributed by atoms with Crippen molar-refractivity contribution < 1.29 is 29.0 Å².